The maximum atomic E-state index is 5.25. The number of benzene rings is 1. The number of halogens is 1. The lowest BCUT2D eigenvalue weighted by molar-refractivity contribution is 0.354. The van der Waals surface area contributed by atoms with E-state index < -0.39 is 0 Å². The first-order valence-corrected chi connectivity index (χ1v) is 4.94. The van der Waals surface area contributed by atoms with E-state index in [0.717, 1.165) is 21.1 Å². The molecule has 3 nitrogen and oxygen atoms in total. The molecule has 0 saturated carbocycles. The number of hydrogen-bond acceptors (Lipinski definition) is 2. The zero-order valence-corrected chi connectivity index (χ0v) is 9.51. The van der Waals surface area contributed by atoms with Crippen LogP contribution < -0.4 is 9.47 Å². The fourth-order valence-electron chi connectivity index (χ4n) is 1.46. The van der Waals surface area contributed by atoms with E-state index in [1.807, 2.05) is 18.3 Å². The standard InChI is InChI=1S/C10H10BrNO2/c1-13-7-5-6-3-4-12-9(6)8(11)10(7)14-2/h3-5,12H,1-2H3. The zero-order chi connectivity index (χ0) is 10.1. The number of H-pyrrole nitrogens is 1. The number of ether oxygens (including phenoxy) is 2. The molecule has 0 bridgehead atoms. The summed E-state index contributed by atoms with van der Waals surface area (Å²) in [4.78, 5) is 3.13. The van der Waals surface area contributed by atoms with Gasteiger partial charge >= 0.3 is 0 Å². The predicted octanol–water partition coefficient (Wildman–Crippen LogP) is 2.95. The lowest BCUT2D eigenvalue weighted by Crippen LogP contribution is -1.91. The molecule has 1 aromatic heterocycles. The van der Waals surface area contributed by atoms with Crippen molar-refractivity contribution in [1.29, 1.82) is 0 Å². The largest absolute Gasteiger partial charge is 0.493 e. The molecule has 2 rings (SSSR count). The maximum Gasteiger partial charge on any atom is 0.177 e. The third kappa shape index (κ3) is 1.26. The number of rotatable bonds is 2. The van der Waals surface area contributed by atoms with Crippen molar-refractivity contribution in [2.45, 2.75) is 0 Å². The van der Waals surface area contributed by atoms with E-state index >= 15 is 0 Å². The van der Waals surface area contributed by atoms with Crippen LogP contribution in [0.25, 0.3) is 10.9 Å². The van der Waals surface area contributed by atoms with Gasteiger partial charge in [-0.3, -0.25) is 0 Å². The SMILES string of the molecule is COc1cc2cc[nH]c2c(Br)c1OC. The highest BCUT2D eigenvalue weighted by atomic mass is 79.9. The molecule has 0 aliphatic carbocycles. The summed E-state index contributed by atoms with van der Waals surface area (Å²) >= 11 is 3.48. The summed E-state index contributed by atoms with van der Waals surface area (Å²) in [7, 11) is 3.25. The Hall–Kier alpha value is -1.16. The first-order chi connectivity index (χ1) is 6.77. The maximum absolute atomic E-state index is 5.25. The molecule has 0 spiro atoms. The van der Waals surface area contributed by atoms with Crippen molar-refractivity contribution in [1.82, 2.24) is 4.98 Å². The Morgan fingerprint density at radius 1 is 1.29 bits per heavy atom. The van der Waals surface area contributed by atoms with Gasteiger partial charge in [0.25, 0.3) is 0 Å². The molecule has 74 valence electrons. The molecule has 0 unspecified atom stereocenters. The number of aromatic amines is 1. The molecule has 0 saturated heterocycles. The molecule has 0 aliphatic heterocycles. The first-order valence-electron chi connectivity index (χ1n) is 4.15. The van der Waals surface area contributed by atoms with Gasteiger partial charge in [-0.05, 0) is 28.1 Å². The van der Waals surface area contributed by atoms with Gasteiger partial charge < -0.3 is 14.5 Å². The molecule has 0 fully saturated rings. The molecule has 4 heteroatoms. The van der Waals surface area contributed by atoms with Gasteiger partial charge in [0, 0.05) is 11.6 Å². The highest BCUT2D eigenvalue weighted by Crippen LogP contribution is 2.40. The van der Waals surface area contributed by atoms with Crippen LogP contribution in [-0.4, -0.2) is 19.2 Å². The van der Waals surface area contributed by atoms with Crippen LogP contribution in [0.4, 0.5) is 0 Å². The molecule has 2 aromatic rings. The minimum Gasteiger partial charge on any atom is -0.493 e. The van der Waals surface area contributed by atoms with Gasteiger partial charge in [-0.15, -0.1) is 0 Å². The molecule has 14 heavy (non-hydrogen) atoms. The highest BCUT2D eigenvalue weighted by Gasteiger charge is 2.12. The van der Waals surface area contributed by atoms with Crippen molar-refractivity contribution in [2.24, 2.45) is 0 Å². The smallest absolute Gasteiger partial charge is 0.177 e. The second kappa shape index (κ2) is 3.53. The normalized spacial score (nSPS) is 10.5. The molecule has 0 atom stereocenters. The van der Waals surface area contributed by atoms with E-state index in [1.54, 1.807) is 14.2 Å². The molecule has 1 aromatic carbocycles. The lowest BCUT2D eigenvalue weighted by atomic mass is 10.2. The minimum atomic E-state index is 0.711. The Kier molecular flexibility index (Phi) is 2.37. The molecule has 1 N–H and O–H groups in total. The molecule has 0 aliphatic rings. The average molecular weight is 256 g/mol. The van der Waals surface area contributed by atoms with Gasteiger partial charge in [-0.25, -0.2) is 0 Å². The third-order valence-electron chi connectivity index (χ3n) is 2.13. The number of nitrogens with one attached hydrogen (secondary N) is 1. The number of hydrogen-bond donors (Lipinski definition) is 1. The van der Waals surface area contributed by atoms with Crippen LogP contribution in [-0.2, 0) is 0 Å². The summed E-state index contributed by atoms with van der Waals surface area (Å²) in [5.74, 6) is 1.44. The number of methoxy groups -OCH3 is 2. The summed E-state index contributed by atoms with van der Waals surface area (Å²) in [6, 6.07) is 3.93. The van der Waals surface area contributed by atoms with Crippen LogP contribution in [0.15, 0.2) is 22.8 Å². The van der Waals surface area contributed by atoms with Crippen molar-refractivity contribution in [3.63, 3.8) is 0 Å². The van der Waals surface area contributed by atoms with Crippen LogP contribution in [0.1, 0.15) is 0 Å². The Bertz CT molecular complexity index is 464. The predicted molar refractivity (Wildman–Crippen MR) is 59.1 cm³/mol. The topological polar surface area (TPSA) is 34.2 Å². The average Bonchev–Trinajstić information content (AvgIpc) is 2.65. The molecule has 1 heterocycles. The zero-order valence-electron chi connectivity index (χ0n) is 7.93. The van der Waals surface area contributed by atoms with Crippen molar-refractivity contribution in [3.8, 4) is 11.5 Å². The van der Waals surface area contributed by atoms with Crippen LogP contribution in [0.5, 0.6) is 11.5 Å². The summed E-state index contributed by atoms with van der Waals surface area (Å²) in [6.07, 6.45) is 1.88. The number of aromatic nitrogens is 1. The van der Waals surface area contributed by atoms with Gasteiger partial charge in [0.1, 0.15) is 0 Å². The fraction of sp³-hybridized carbons (Fsp3) is 0.200. The van der Waals surface area contributed by atoms with Crippen LogP contribution in [0, 0.1) is 0 Å². The summed E-state index contributed by atoms with van der Waals surface area (Å²) < 4.78 is 11.4. The van der Waals surface area contributed by atoms with Crippen LogP contribution >= 0.6 is 15.9 Å². The quantitative estimate of drug-likeness (QED) is 0.896. The Balaban J connectivity index is 2.79. The van der Waals surface area contributed by atoms with E-state index in [0.29, 0.717) is 5.75 Å². The first kappa shape index (κ1) is 9.40. The highest BCUT2D eigenvalue weighted by molar-refractivity contribution is 9.10. The van der Waals surface area contributed by atoms with Crippen LogP contribution in [0.2, 0.25) is 0 Å². The summed E-state index contributed by atoms with van der Waals surface area (Å²) in [5, 5.41) is 1.09. The van der Waals surface area contributed by atoms with Crippen molar-refractivity contribution < 1.29 is 9.47 Å². The third-order valence-corrected chi connectivity index (χ3v) is 2.89. The molecular weight excluding hydrogens is 246 g/mol. The Labute approximate surface area is 90.1 Å². The van der Waals surface area contributed by atoms with Gasteiger partial charge in [0.15, 0.2) is 11.5 Å². The summed E-state index contributed by atoms with van der Waals surface area (Å²) in [6.45, 7) is 0. The fourth-order valence-corrected chi connectivity index (χ4v) is 2.16. The summed E-state index contributed by atoms with van der Waals surface area (Å²) in [5.41, 5.74) is 1.02. The van der Waals surface area contributed by atoms with Crippen molar-refractivity contribution in [2.75, 3.05) is 14.2 Å². The van der Waals surface area contributed by atoms with E-state index in [9.17, 15) is 0 Å². The van der Waals surface area contributed by atoms with E-state index in [-0.39, 0.29) is 0 Å². The molecule has 0 radical (unpaired) electrons. The minimum absolute atomic E-state index is 0.711. The second-order valence-electron chi connectivity index (χ2n) is 2.87. The van der Waals surface area contributed by atoms with Crippen molar-refractivity contribution >= 4 is 26.8 Å². The van der Waals surface area contributed by atoms with Gasteiger partial charge in [0.05, 0.1) is 24.2 Å². The van der Waals surface area contributed by atoms with Crippen molar-refractivity contribution in [3.05, 3.63) is 22.8 Å². The van der Waals surface area contributed by atoms with E-state index in [4.69, 9.17) is 9.47 Å². The molecule has 0 amide bonds. The van der Waals surface area contributed by atoms with Crippen LogP contribution in [0.3, 0.4) is 0 Å². The number of fused-ring (bicyclic) bond motifs is 1. The van der Waals surface area contributed by atoms with Gasteiger partial charge in [-0.1, -0.05) is 0 Å². The Morgan fingerprint density at radius 3 is 2.71 bits per heavy atom. The molecular formula is C10H10BrNO2. The monoisotopic (exact) mass is 255 g/mol. The lowest BCUT2D eigenvalue weighted by Gasteiger charge is -2.09. The van der Waals surface area contributed by atoms with Gasteiger partial charge in [-0.2, -0.15) is 0 Å². The van der Waals surface area contributed by atoms with E-state index in [2.05, 4.69) is 20.9 Å². The second-order valence-corrected chi connectivity index (χ2v) is 3.66. The Morgan fingerprint density at radius 2 is 2.07 bits per heavy atom. The van der Waals surface area contributed by atoms with Gasteiger partial charge in [0.2, 0.25) is 0 Å². The van der Waals surface area contributed by atoms with E-state index in [1.165, 1.54) is 0 Å².